The van der Waals surface area contributed by atoms with Crippen molar-refractivity contribution in [3.8, 4) is 17.2 Å². The molecule has 0 aliphatic heterocycles. The summed E-state index contributed by atoms with van der Waals surface area (Å²) in [5.41, 5.74) is 0.533. The zero-order valence-electron chi connectivity index (χ0n) is 23.6. The van der Waals surface area contributed by atoms with Crippen LogP contribution < -0.4 is 19.5 Å². The summed E-state index contributed by atoms with van der Waals surface area (Å²) in [5, 5.41) is 2.55. The summed E-state index contributed by atoms with van der Waals surface area (Å²) in [4.78, 5) is 41.8. The maximum absolute atomic E-state index is 13.7. The van der Waals surface area contributed by atoms with Gasteiger partial charge in [-0.2, -0.15) is 0 Å². The number of carbonyl (C=O) groups excluding carboxylic acids is 3. The van der Waals surface area contributed by atoms with Crippen LogP contribution in [0, 0.1) is 17.7 Å². The first-order valence-electron chi connectivity index (χ1n) is 12.6. The number of ether oxygens (including phenoxy) is 5. The van der Waals surface area contributed by atoms with Crippen LogP contribution in [0.2, 0.25) is 0 Å². The molecule has 39 heavy (non-hydrogen) atoms. The lowest BCUT2D eigenvalue weighted by molar-refractivity contribution is -0.154. The first-order chi connectivity index (χ1) is 18.4. The Kier molecular flexibility index (Phi) is 11.5. The topological polar surface area (TPSA) is 122 Å². The number of esters is 2. The maximum atomic E-state index is 13.7. The number of methoxy groups -OCH3 is 2. The van der Waals surface area contributed by atoms with Gasteiger partial charge in [-0.15, -0.1) is 0 Å². The molecule has 0 aliphatic carbocycles. The lowest BCUT2D eigenvalue weighted by Crippen LogP contribution is -2.42. The Bertz CT molecular complexity index is 1150. The van der Waals surface area contributed by atoms with Crippen molar-refractivity contribution in [1.82, 2.24) is 10.3 Å². The van der Waals surface area contributed by atoms with Gasteiger partial charge in [-0.3, -0.25) is 9.59 Å². The molecule has 2 aromatic rings. The van der Waals surface area contributed by atoms with Gasteiger partial charge in [0.25, 0.3) is 5.91 Å². The first kappa shape index (κ1) is 31.3. The van der Waals surface area contributed by atoms with Gasteiger partial charge in [-0.1, -0.05) is 33.8 Å². The number of carbonyl (C=O) groups is 3. The average Bonchev–Trinajstić information content (AvgIpc) is 2.88. The Morgan fingerprint density at radius 3 is 2.21 bits per heavy atom. The zero-order valence-corrected chi connectivity index (χ0v) is 23.6. The van der Waals surface area contributed by atoms with Gasteiger partial charge in [-0.25, -0.2) is 14.2 Å². The third-order valence-corrected chi connectivity index (χ3v) is 5.96. The minimum Gasteiger partial charge on any atom is -0.496 e. The van der Waals surface area contributed by atoms with Crippen LogP contribution >= 0.6 is 0 Å². The van der Waals surface area contributed by atoms with E-state index in [1.54, 1.807) is 26.8 Å². The number of aromatic nitrogens is 1. The molecule has 2 rings (SSSR count). The Labute approximate surface area is 228 Å². The zero-order chi connectivity index (χ0) is 29.3. The predicted octanol–water partition coefficient (Wildman–Crippen LogP) is 4.26. The van der Waals surface area contributed by atoms with Crippen molar-refractivity contribution in [1.29, 1.82) is 0 Å². The minimum atomic E-state index is -1.05. The third-order valence-electron chi connectivity index (χ3n) is 5.96. The van der Waals surface area contributed by atoms with Crippen LogP contribution in [0.3, 0.4) is 0 Å². The molecule has 0 saturated heterocycles. The van der Waals surface area contributed by atoms with E-state index in [9.17, 15) is 18.8 Å². The molecule has 1 aromatic carbocycles. The van der Waals surface area contributed by atoms with Gasteiger partial charge in [0.1, 0.15) is 23.7 Å². The quantitative estimate of drug-likeness (QED) is 0.289. The molecule has 1 amide bonds. The second kappa shape index (κ2) is 14.3. The van der Waals surface area contributed by atoms with Crippen molar-refractivity contribution in [2.45, 2.75) is 59.6 Å². The summed E-state index contributed by atoms with van der Waals surface area (Å²) in [6, 6.07) is 4.65. The number of nitrogens with one attached hydrogen (secondary N) is 1. The molecule has 0 fully saturated rings. The predicted molar refractivity (Wildman–Crippen MR) is 140 cm³/mol. The molecule has 3 atom stereocenters. The maximum Gasteiger partial charge on any atom is 0.328 e. The van der Waals surface area contributed by atoms with Crippen LogP contribution in [0.15, 0.2) is 30.5 Å². The first-order valence-corrected chi connectivity index (χ1v) is 12.6. The van der Waals surface area contributed by atoms with E-state index in [0.717, 1.165) is 0 Å². The van der Waals surface area contributed by atoms with E-state index in [1.165, 1.54) is 45.5 Å². The molecule has 0 saturated carbocycles. The van der Waals surface area contributed by atoms with E-state index in [2.05, 4.69) is 10.3 Å². The summed E-state index contributed by atoms with van der Waals surface area (Å²) in [7, 11) is 2.83. The molecule has 2 unspecified atom stereocenters. The van der Waals surface area contributed by atoms with Crippen LogP contribution in [0.1, 0.15) is 63.5 Å². The Hall–Kier alpha value is -3.89. The lowest BCUT2D eigenvalue weighted by atomic mass is 9.84. The Balaban J connectivity index is 2.15. The van der Waals surface area contributed by atoms with E-state index in [4.69, 9.17) is 23.7 Å². The van der Waals surface area contributed by atoms with Gasteiger partial charge in [0.2, 0.25) is 6.79 Å². The smallest absolute Gasteiger partial charge is 0.328 e. The summed E-state index contributed by atoms with van der Waals surface area (Å²) in [6.45, 7) is 10.0. The monoisotopic (exact) mass is 548 g/mol. The molecule has 214 valence electrons. The van der Waals surface area contributed by atoms with E-state index in [-0.39, 0.29) is 34.9 Å². The highest BCUT2D eigenvalue weighted by molar-refractivity contribution is 5.98. The minimum absolute atomic E-state index is 0.0162. The van der Waals surface area contributed by atoms with Crippen LogP contribution in [0.5, 0.6) is 17.2 Å². The van der Waals surface area contributed by atoms with Crippen molar-refractivity contribution in [2.24, 2.45) is 11.8 Å². The molecular weight excluding hydrogens is 511 g/mol. The number of halogens is 1. The highest BCUT2D eigenvalue weighted by atomic mass is 19.1. The van der Waals surface area contributed by atoms with Crippen molar-refractivity contribution in [2.75, 3.05) is 21.0 Å². The van der Waals surface area contributed by atoms with Gasteiger partial charge < -0.3 is 29.0 Å². The summed E-state index contributed by atoms with van der Waals surface area (Å²) in [5.74, 6) is -2.48. The van der Waals surface area contributed by atoms with Crippen LogP contribution in [0.25, 0.3) is 0 Å². The molecule has 11 heteroatoms. The van der Waals surface area contributed by atoms with Crippen molar-refractivity contribution in [3.63, 3.8) is 0 Å². The second-order valence-electron chi connectivity index (χ2n) is 9.56. The lowest BCUT2D eigenvalue weighted by Gasteiger charge is -2.30. The molecular formula is C28H37FN2O8. The highest BCUT2D eigenvalue weighted by Gasteiger charge is 2.31. The van der Waals surface area contributed by atoms with E-state index >= 15 is 0 Å². The molecule has 0 bridgehead atoms. The summed E-state index contributed by atoms with van der Waals surface area (Å²) < 4.78 is 40.6. The van der Waals surface area contributed by atoms with Crippen LogP contribution in [-0.4, -0.2) is 56.0 Å². The highest BCUT2D eigenvalue weighted by Crippen LogP contribution is 2.36. The molecule has 1 aromatic heterocycles. The number of benzene rings is 1. The second-order valence-corrected chi connectivity index (χ2v) is 9.56. The molecule has 0 aliphatic rings. The molecule has 1 heterocycles. The number of hydrogen-bond acceptors (Lipinski definition) is 9. The average molecular weight is 549 g/mol. The van der Waals surface area contributed by atoms with E-state index < -0.39 is 42.6 Å². The Morgan fingerprint density at radius 2 is 1.62 bits per heavy atom. The fourth-order valence-corrected chi connectivity index (χ4v) is 4.00. The molecule has 1 N–H and O–H groups in total. The summed E-state index contributed by atoms with van der Waals surface area (Å²) in [6.07, 6.45) is 0.718. The van der Waals surface area contributed by atoms with Gasteiger partial charge in [0.15, 0.2) is 17.2 Å². The molecule has 0 radical (unpaired) electrons. The van der Waals surface area contributed by atoms with Gasteiger partial charge in [0, 0.05) is 29.8 Å². The standard InChI is InChI=1S/C28H37FN2O8/c1-15(2)23(20-10-9-19(29)13-22(20)36-8)18(6)39-28(34)17(5)31-26(32)24-25(21(35-7)11-12-30-24)37-14-38-27(33)16(3)4/h9-13,15-18,23H,14H2,1-8H3,(H,31,32)/t17-,18?,23?/m0/s1. The fourth-order valence-electron chi connectivity index (χ4n) is 4.00. The van der Waals surface area contributed by atoms with Crippen LogP contribution in [-0.2, 0) is 19.1 Å². The Morgan fingerprint density at radius 1 is 0.949 bits per heavy atom. The summed E-state index contributed by atoms with van der Waals surface area (Å²) >= 11 is 0. The normalized spacial score (nSPS) is 13.3. The molecule has 0 spiro atoms. The number of pyridine rings is 1. The number of nitrogens with zero attached hydrogens (tertiary/aromatic N) is 1. The number of hydrogen-bond donors (Lipinski definition) is 1. The largest absolute Gasteiger partial charge is 0.496 e. The molecule has 10 nitrogen and oxygen atoms in total. The van der Waals surface area contributed by atoms with Gasteiger partial charge >= 0.3 is 11.9 Å². The van der Waals surface area contributed by atoms with Crippen molar-refractivity contribution < 1.29 is 42.5 Å². The number of rotatable bonds is 13. The van der Waals surface area contributed by atoms with Crippen LogP contribution in [0.4, 0.5) is 4.39 Å². The third kappa shape index (κ3) is 8.30. The van der Waals surface area contributed by atoms with Gasteiger partial charge in [-0.05, 0) is 25.8 Å². The van der Waals surface area contributed by atoms with Crippen molar-refractivity contribution >= 4 is 17.8 Å². The SMILES string of the molecule is COc1cc(F)ccc1C(C(C)C)C(C)OC(=O)[C@H](C)NC(=O)c1nccc(OC)c1OCOC(=O)C(C)C. The number of amides is 1. The van der Waals surface area contributed by atoms with Crippen molar-refractivity contribution in [3.05, 3.63) is 47.5 Å². The van der Waals surface area contributed by atoms with Gasteiger partial charge in [0.05, 0.1) is 20.1 Å². The van der Waals surface area contributed by atoms with E-state index in [0.29, 0.717) is 11.3 Å². The van der Waals surface area contributed by atoms with E-state index in [1.807, 2.05) is 13.8 Å². The fraction of sp³-hybridized carbons (Fsp3) is 0.500.